The van der Waals surface area contributed by atoms with Crippen molar-refractivity contribution in [3.63, 3.8) is 0 Å². The molecule has 2 aromatic rings. The molecule has 1 aromatic heterocycles. The van der Waals surface area contributed by atoms with Crippen molar-refractivity contribution in [2.75, 3.05) is 7.11 Å². The fourth-order valence-electron chi connectivity index (χ4n) is 1.65. The Kier molecular flexibility index (Phi) is 2.86. The van der Waals surface area contributed by atoms with E-state index >= 15 is 0 Å². The molecule has 0 bridgehead atoms. The molecule has 0 amide bonds. The SMILES string of the molecule is COc1cccc(-c2cc(C)nc(C)n2)c1. The lowest BCUT2D eigenvalue weighted by molar-refractivity contribution is 0.415. The third-order valence-corrected chi connectivity index (χ3v) is 2.33. The number of benzene rings is 1. The zero-order chi connectivity index (χ0) is 11.5. The van der Waals surface area contributed by atoms with Gasteiger partial charge in [-0.1, -0.05) is 12.1 Å². The van der Waals surface area contributed by atoms with Crippen molar-refractivity contribution in [2.24, 2.45) is 0 Å². The van der Waals surface area contributed by atoms with Crippen LogP contribution in [-0.2, 0) is 0 Å². The molecular weight excluding hydrogens is 200 g/mol. The van der Waals surface area contributed by atoms with Gasteiger partial charge in [-0.3, -0.25) is 0 Å². The molecule has 0 N–H and O–H groups in total. The lowest BCUT2D eigenvalue weighted by Crippen LogP contribution is -1.94. The van der Waals surface area contributed by atoms with E-state index in [0.29, 0.717) is 0 Å². The normalized spacial score (nSPS) is 10.2. The van der Waals surface area contributed by atoms with Crippen molar-refractivity contribution in [1.82, 2.24) is 9.97 Å². The van der Waals surface area contributed by atoms with E-state index in [1.54, 1.807) is 7.11 Å². The topological polar surface area (TPSA) is 35.0 Å². The first-order valence-corrected chi connectivity index (χ1v) is 5.16. The van der Waals surface area contributed by atoms with Gasteiger partial charge in [0.15, 0.2) is 0 Å². The highest BCUT2D eigenvalue weighted by Crippen LogP contribution is 2.22. The van der Waals surface area contributed by atoms with Crippen molar-refractivity contribution >= 4 is 0 Å². The average Bonchev–Trinajstić information content (AvgIpc) is 2.28. The number of nitrogens with zero attached hydrogens (tertiary/aromatic N) is 2. The summed E-state index contributed by atoms with van der Waals surface area (Å²) in [6.45, 7) is 3.87. The lowest BCUT2D eigenvalue weighted by atomic mass is 10.1. The van der Waals surface area contributed by atoms with E-state index < -0.39 is 0 Å². The summed E-state index contributed by atoms with van der Waals surface area (Å²) in [6, 6.07) is 9.85. The summed E-state index contributed by atoms with van der Waals surface area (Å²) in [5.41, 5.74) is 2.96. The number of aryl methyl sites for hydroxylation is 2. The smallest absolute Gasteiger partial charge is 0.126 e. The Balaban J connectivity index is 2.49. The largest absolute Gasteiger partial charge is 0.497 e. The highest BCUT2D eigenvalue weighted by molar-refractivity contribution is 5.61. The van der Waals surface area contributed by atoms with Gasteiger partial charge >= 0.3 is 0 Å². The molecule has 82 valence electrons. The van der Waals surface area contributed by atoms with E-state index in [2.05, 4.69) is 9.97 Å². The van der Waals surface area contributed by atoms with Crippen LogP contribution in [0.5, 0.6) is 5.75 Å². The molecule has 0 aliphatic carbocycles. The van der Waals surface area contributed by atoms with Gasteiger partial charge in [0.1, 0.15) is 11.6 Å². The van der Waals surface area contributed by atoms with Gasteiger partial charge in [-0.2, -0.15) is 0 Å². The van der Waals surface area contributed by atoms with Crippen molar-refractivity contribution in [3.8, 4) is 17.0 Å². The number of aromatic nitrogens is 2. The van der Waals surface area contributed by atoms with Gasteiger partial charge in [0.2, 0.25) is 0 Å². The van der Waals surface area contributed by atoms with Gasteiger partial charge in [0, 0.05) is 11.3 Å². The molecule has 1 aromatic carbocycles. The van der Waals surface area contributed by atoms with Crippen LogP contribution in [0.1, 0.15) is 11.5 Å². The van der Waals surface area contributed by atoms with Crippen LogP contribution in [0.3, 0.4) is 0 Å². The maximum atomic E-state index is 5.19. The molecule has 0 atom stereocenters. The van der Waals surface area contributed by atoms with E-state index in [0.717, 1.165) is 28.5 Å². The molecule has 1 heterocycles. The number of methoxy groups -OCH3 is 1. The van der Waals surface area contributed by atoms with E-state index in [1.165, 1.54) is 0 Å². The highest BCUT2D eigenvalue weighted by Gasteiger charge is 2.03. The first-order valence-electron chi connectivity index (χ1n) is 5.16. The van der Waals surface area contributed by atoms with Gasteiger partial charge in [0.25, 0.3) is 0 Å². The molecule has 0 aliphatic rings. The van der Waals surface area contributed by atoms with Crippen LogP contribution in [0.2, 0.25) is 0 Å². The van der Waals surface area contributed by atoms with Gasteiger partial charge in [0.05, 0.1) is 12.8 Å². The van der Waals surface area contributed by atoms with E-state index in [9.17, 15) is 0 Å². The Morgan fingerprint density at radius 3 is 2.56 bits per heavy atom. The van der Waals surface area contributed by atoms with Gasteiger partial charge < -0.3 is 4.74 Å². The molecule has 0 saturated heterocycles. The summed E-state index contributed by atoms with van der Waals surface area (Å²) in [5.74, 6) is 1.63. The monoisotopic (exact) mass is 214 g/mol. The van der Waals surface area contributed by atoms with Crippen molar-refractivity contribution < 1.29 is 4.74 Å². The van der Waals surface area contributed by atoms with Crippen molar-refractivity contribution in [1.29, 1.82) is 0 Å². The Labute approximate surface area is 95.1 Å². The molecule has 0 spiro atoms. The fraction of sp³-hybridized carbons (Fsp3) is 0.231. The summed E-state index contributed by atoms with van der Waals surface area (Å²) >= 11 is 0. The second-order valence-corrected chi connectivity index (χ2v) is 3.67. The molecule has 0 radical (unpaired) electrons. The lowest BCUT2D eigenvalue weighted by Gasteiger charge is -2.05. The first kappa shape index (κ1) is 10.6. The predicted molar refractivity (Wildman–Crippen MR) is 63.5 cm³/mol. The summed E-state index contributed by atoms with van der Waals surface area (Å²) in [4.78, 5) is 8.67. The molecule has 2 rings (SSSR count). The molecule has 0 fully saturated rings. The Morgan fingerprint density at radius 1 is 1.06 bits per heavy atom. The third-order valence-electron chi connectivity index (χ3n) is 2.33. The van der Waals surface area contributed by atoms with Gasteiger partial charge in [-0.15, -0.1) is 0 Å². The second-order valence-electron chi connectivity index (χ2n) is 3.67. The number of ether oxygens (including phenoxy) is 1. The minimum absolute atomic E-state index is 0.790. The molecule has 0 aliphatic heterocycles. The summed E-state index contributed by atoms with van der Waals surface area (Å²) in [5, 5.41) is 0. The maximum absolute atomic E-state index is 5.19. The van der Waals surface area contributed by atoms with Crippen LogP contribution >= 0.6 is 0 Å². The van der Waals surface area contributed by atoms with Crippen LogP contribution in [0.25, 0.3) is 11.3 Å². The van der Waals surface area contributed by atoms with E-state index in [-0.39, 0.29) is 0 Å². The molecule has 0 unspecified atom stereocenters. The quantitative estimate of drug-likeness (QED) is 0.771. The summed E-state index contributed by atoms with van der Waals surface area (Å²) in [7, 11) is 1.66. The Bertz CT molecular complexity index is 489. The van der Waals surface area contributed by atoms with E-state index in [4.69, 9.17) is 4.74 Å². The number of hydrogen-bond acceptors (Lipinski definition) is 3. The van der Waals surface area contributed by atoms with Crippen LogP contribution < -0.4 is 4.74 Å². The second kappa shape index (κ2) is 4.31. The first-order chi connectivity index (χ1) is 7.69. The predicted octanol–water partition coefficient (Wildman–Crippen LogP) is 2.77. The zero-order valence-electron chi connectivity index (χ0n) is 9.69. The Morgan fingerprint density at radius 2 is 1.88 bits per heavy atom. The molecule has 0 saturated carbocycles. The third kappa shape index (κ3) is 2.19. The van der Waals surface area contributed by atoms with Crippen molar-refractivity contribution in [2.45, 2.75) is 13.8 Å². The van der Waals surface area contributed by atoms with Crippen molar-refractivity contribution in [3.05, 3.63) is 41.9 Å². The number of rotatable bonds is 2. The average molecular weight is 214 g/mol. The fourth-order valence-corrected chi connectivity index (χ4v) is 1.65. The summed E-state index contributed by atoms with van der Waals surface area (Å²) < 4.78 is 5.19. The summed E-state index contributed by atoms with van der Waals surface area (Å²) in [6.07, 6.45) is 0. The standard InChI is InChI=1S/C13H14N2O/c1-9-7-13(15-10(2)14-9)11-5-4-6-12(8-11)16-3/h4-8H,1-3H3. The molecule has 3 heteroatoms. The number of hydrogen-bond donors (Lipinski definition) is 0. The van der Waals surface area contributed by atoms with Crippen LogP contribution in [0.15, 0.2) is 30.3 Å². The Hall–Kier alpha value is -1.90. The van der Waals surface area contributed by atoms with Crippen LogP contribution in [0.4, 0.5) is 0 Å². The van der Waals surface area contributed by atoms with E-state index in [1.807, 2.05) is 44.2 Å². The maximum Gasteiger partial charge on any atom is 0.126 e. The van der Waals surface area contributed by atoms with Crippen LogP contribution in [0, 0.1) is 13.8 Å². The van der Waals surface area contributed by atoms with Crippen LogP contribution in [-0.4, -0.2) is 17.1 Å². The zero-order valence-corrected chi connectivity index (χ0v) is 9.69. The van der Waals surface area contributed by atoms with Gasteiger partial charge in [-0.25, -0.2) is 9.97 Å². The molecule has 3 nitrogen and oxygen atoms in total. The highest BCUT2D eigenvalue weighted by atomic mass is 16.5. The molecule has 16 heavy (non-hydrogen) atoms. The van der Waals surface area contributed by atoms with Gasteiger partial charge in [-0.05, 0) is 32.0 Å². The molecular formula is C13H14N2O. The minimum atomic E-state index is 0.790. The minimum Gasteiger partial charge on any atom is -0.497 e.